The maximum Gasteiger partial charge on any atom is 0.294 e. The van der Waals surface area contributed by atoms with E-state index in [-0.39, 0.29) is 4.90 Å². The molecular weight excluding hydrogens is 396 g/mol. The topological polar surface area (TPSA) is 93.3 Å². The van der Waals surface area contributed by atoms with Gasteiger partial charge in [0.15, 0.2) is 0 Å². The number of fused-ring (bicyclic) bond motifs is 4. The van der Waals surface area contributed by atoms with Crippen molar-refractivity contribution in [2.24, 2.45) is 0 Å². The fourth-order valence-electron chi connectivity index (χ4n) is 3.69. The number of nitrogens with two attached hydrogens (primary N) is 1. The molecule has 1 heterocycles. The number of aromatic nitrogens is 1. The Labute approximate surface area is 176 Å². The summed E-state index contributed by atoms with van der Waals surface area (Å²) >= 11 is 0. The third-order valence-corrected chi connectivity index (χ3v) is 6.14. The summed E-state index contributed by atoms with van der Waals surface area (Å²) in [5.74, 6) is 0. The Balaban J connectivity index is 0.000000170. The minimum atomic E-state index is -4.02. The van der Waals surface area contributed by atoms with Crippen molar-refractivity contribution < 1.29 is 13.0 Å². The summed E-state index contributed by atoms with van der Waals surface area (Å²) < 4.78 is 29.6. The Morgan fingerprint density at radius 2 is 1.57 bits per heavy atom. The van der Waals surface area contributed by atoms with Crippen LogP contribution in [0.25, 0.3) is 22.2 Å². The third-order valence-electron chi connectivity index (χ3n) is 5.27. The lowest BCUT2D eigenvalue weighted by Crippen LogP contribution is -2.09. The number of hydrogen-bond donors (Lipinski definition) is 2. The van der Waals surface area contributed by atoms with Crippen LogP contribution in [0.15, 0.2) is 77.7 Å². The van der Waals surface area contributed by atoms with Crippen LogP contribution in [0, 0.1) is 6.92 Å². The van der Waals surface area contributed by atoms with E-state index in [2.05, 4.69) is 30.3 Å². The van der Waals surface area contributed by atoms with Crippen molar-refractivity contribution >= 4 is 26.7 Å². The molecule has 0 spiro atoms. The quantitative estimate of drug-likeness (QED) is 0.432. The van der Waals surface area contributed by atoms with E-state index in [9.17, 15) is 8.42 Å². The van der Waals surface area contributed by atoms with Gasteiger partial charge in [0.05, 0.1) is 16.1 Å². The molecule has 0 aliphatic heterocycles. The largest absolute Gasteiger partial charge is 0.398 e. The van der Waals surface area contributed by atoms with Crippen LogP contribution in [-0.2, 0) is 23.0 Å². The molecule has 0 radical (unpaired) electrons. The minimum Gasteiger partial charge on any atom is -0.398 e. The fourth-order valence-corrected chi connectivity index (χ4v) is 4.17. The van der Waals surface area contributed by atoms with E-state index < -0.39 is 10.1 Å². The Hall–Kier alpha value is -3.22. The Bertz CT molecular complexity index is 1330. The van der Waals surface area contributed by atoms with E-state index in [4.69, 9.17) is 15.3 Å². The van der Waals surface area contributed by atoms with Gasteiger partial charge in [-0.05, 0) is 43.5 Å². The number of nitrogens with zero attached hydrogens (tertiary/aromatic N) is 1. The van der Waals surface area contributed by atoms with Crippen molar-refractivity contribution in [3.63, 3.8) is 0 Å². The first-order chi connectivity index (χ1) is 14.3. The van der Waals surface area contributed by atoms with E-state index in [0.29, 0.717) is 0 Å². The summed E-state index contributed by atoms with van der Waals surface area (Å²) in [5, 5.41) is 1.07. The van der Waals surface area contributed by atoms with E-state index in [0.717, 1.165) is 40.7 Å². The number of hydrogen-bond acceptors (Lipinski definition) is 4. The number of para-hydroxylation sites is 1. The molecule has 1 aliphatic carbocycles. The molecule has 3 N–H and O–H groups in total. The van der Waals surface area contributed by atoms with Crippen molar-refractivity contribution in [1.29, 1.82) is 0 Å². The second-order valence-corrected chi connectivity index (χ2v) is 8.74. The molecule has 152 valence electrons. The van der Waals surface area contributed by atoms with Crippen LogP contribution < -0.4 is 5.73 Å². The van der Waals surface area contributed by atoms with Crippen LogP contribution >= 0.6 is 0 Å². The number of benzene rings is 3. The fraction of sp³-hybridized carbons (Fsp3) is 0.125. The standard InChI is InChI=1S/C17H14N2.C7H8O3S/c18-16-13-7-3-4-8-15(13)19-17-12-6-2-1-5-11(12)9-10-14(16)17;1-6-2-4-7(5-3-6)11(8,9)10/h1-8H,9-10H2,(H2,18,19);2-5H,1H3,(H,8,9,10). The Morgan fingerprint density at radius 1 is 0.900 bits per heavy atom. The van der Waals surface area contributed by atoms with E-state index in [1.54, 1.807) is 12.1 Å². The SMILES string of the molecule is Cc1ccc(S(=O)(=O)O)cc1.Nc1c2c(nc3ccccc13)-c1ccccc1CC2. The lowest BCUT2D eigenvalue weighted by molar-refractivity contribution is 0.483. The summed E-state index contributed by atoms with van der Waals surface area (Å²) in [6.07, 6.45) is 2.03. The summed E-state index contributed by atoms with van der Waals surface area (Å²) in [7, 11) is -4.02. The predicted octanol–water partition coefficient (Wildman–Crippen LogP) is 4.82. The van der Waals surface area contributed by atoms with E-state index >= 15 is 0 Å². The number of rotatable bonds is 1. The molecule has 4 aromatic rings. The van der Waals surface area contributed by atoms with Gasteiger partial charge in [-0.15, -0.1) is 0 Å². The van der Waals surface area contributed by atoms with Gasteiger partial charge in [0, 0.05) is 22.2 Å². The third kappa shape index (κ3) is 3.92. The molecule has 0 saturated carbocycles. The molecule has 5 nitrogen and oxygen atoms in total. The van der Waals surface area contributed by atoms with Gasteiger partial charge in [0.2, 0.25) is 0 Å². The molecule has 0 fully saturated rings. The monoisotopic (exact) mass is 418 g/mol. The summed E-state index contributed by atoms with van der Waals surface area (Å²) in [6, 6.07) is 22.6. The Kier molecular flexibility index (Phi) is 5.28. The highest BCUT2D eigenvalue weighted by Crippen LogP contribution is 2.37. The lowest BCUT2D eigenvalue weighted by atomic mass is 9.87. The van der Waals surface area contributed by atoms with Crippen molar-refractivity contribution in [3.05, 3.63) is 89.5 Å². The van der Waals surface area contributed by atoms with Gasteiger partial charge in [0.25, 0.3) is 10.1 Å². The average molecular weight is 419 g/mol. The highest BCUT2D eigenvalue weighted by Gasteiger charge is 2.20. The molecule has 0 amide bonds. The van der Waals surface area contributed by atoms with E-state index in [1.807, 2.05) is 25.1 Å². The van der Waals surface area contributed by atoms with Gasteiger partial charge >= 0.3 is 0 Å². The molecular formula is C24H22N2O3S. The Morgan fingerprint density at radius 3 is 2.30 bits per heavy atom. The molecule has 6 heteroatoms. The predicted molar refractivity (Wildman–Crippen MR) is 120 cm³/mol. The second kappa shape index (κ2) is 7.89. The lowest BCUT2D eigenvalue weighted by Gasteiger charge is -2.21. The summed E-state index contributed by atoms with van der Waals surface area (Å²) in [5.41, 5.74) is 14.1. The number of aryl methyl sites for hydroxylation is 2. The molecule has 0 saturated heterocycles. The van der Waals surface area contributed by atoms with Crippen LogP contribution in [0.4, 0.5) is 5.69 Å². The molecule has 0 atom stereocenters. The maximum atomic E-state index is 10.5. The van der Waals surface area contributed by atoms with Gasteiger partial charge in [-0.3, -0.25) is 4.55 Å². The normalized spacial score (nSPS) is 12.5. The first-order valence-electron chi connectivity index (χ1n) is 9.64. The highest BCUT2D eigenvalue weighted by molar-refractivity contribution is 7.85. The average Bonchev–Trinajstić information content (AvgIpc) is 2.74. The van der Waals surface area contributed by atoms with Crippen molar-refractivity contribution in [2.75, 3.05) is 5.73 Å². The molecule has 1 aliphatic rings. The zero-order valence-electron chi connectivity index (χ0n) is 16.5. The number of nitrogen functional groups attached to an aromatic ring is 1. The molecule has 0 unspecified atom stereocenters. The van der Waals surface area contributed by atoms with Crippen LogP contribution in [-0.4, -0.2) is 18.0 Å². The van der Waals surface area contributed by atoms with Gasteiger partial charge in [-0.2, -0.15) is 8.42 Å². The minimum absolute atomic E-state index is 0.0666. The van der Waals surface area contributed by atoms with Gasteiger partial charge in [-0.25, -0.2) is 4.98 Å². The van der Waals surface area contributed by atoms with Crippen LogP contribution in [0.3, 0.4) is 0 Å². The maximum absolute atomic E-state index is 10.5. The first-order valence-corrected chi connectivity index (χ1v) is 11.1. The summed E-state index contributed by atoms with van der Waals surface area (Å²) in [6.45, 7) is 1.84. The molecule has 3 aromatic carbocycles. The zero-order chi connectivity index (χ0) is 21.3. The first kappa shape index (κ1) is 20.1. The highest BCUT2D eigenvalue weighted by atomic mass is 32.2. The number of anilines is 1. The molecule has 1 aromatic heterocycles. The van der Waals surface area contributed by atoms with Gasteiger partial charge in [0.1, 0.15) is 0 Å². The van der Waals surface area contributed by atoms with Gasteiger partial charge in [-0.1, -0.05) is 60.2 Å². The van der Waals surface area contributed by atoms with Crippen molar-refractivity contribution in [3.8, 4) is 11.3 Å². The van der Waals surface area contributed by atoms with Crippen LogP contribution in [0.2, 0.25) is 0 Å². The summed E-state index contributed by atoms with van der Waals surface area (Å²) in [4.78, 5) is 4.77. The van der Waals surface area contributed by atoms with Crippen LogP contribution in [0.5, 0.6) is 0 Å². The molecule has 5 rings (SSSR count). The van der Waals surface area contributed by atoms with Gasteiger partial charge < -0.3 is 5.73 Å². The second-order valence-electron chi connectivity index (χ2n) is 7.32. The smallest absolute Gasteiger partial charge is 0.294 e. The van der Waals surface area contributed by atoms with E-state index in [1.165, 1.54) is 28.8 Å². The zero-order valence-corrected chi connectivity index (χ0v) is 17.4. The van der Waals surface area contributed by atoms with Crippen molar-refractivity contribution in [2.45, 2.75) is 24.7 Å². The van der Waals surface area contributed by atoms with Crippen LogP contribution in [0.1, 0.15) is 16.7 Å². The van der Waals surface area contributed by atoms with Crippen molar-refractivity contribution in [1.82, 2.24) is 4.98 Å². The number of pyridine rings is 1. The molecule has 30 heavy (non-hydrogen) atoms. The molecule has 0 bridgehead atoms.